The van der Waals surface area contributed by atoms with E-state index in [-0.39, 0.29) is 11.1 Å². The van der Waals surface area contributed by atoms with Gasteiger partial charge in [0.05, 0.1) is 11.1 Å². The standard InChI is InChI=1S/C9H10O4/c10-8(11)6-4-2-1-3-5-7(6)9(12)13/h2,4H,1,3,5H2,(H,10,11)(H,12,13). The summed E-state index contributed by atoms with van der Waals surface area (Å²) in [5.74, 6) is -2.31. The Morgan fingerprint density at radius 1 is 1.23 bits per heavy atom. The molecule has 13 heavy (non-hydrogen) atoms. The largest absolute Gasteiger partial charge is 0.478 e. The van der Waals surface area contributed by atoms with Crippen LogP contribution < -0.4 is 0 Å². The number of hydrogen-bond acceptors (Lipinski definition) is 2. The van der Waals surface area contributed by atoms with Crippen LogP contribution in [-0.2, 0) is 9.59 Å². The Kier molecular flexibility index (Phi) is 2.84. The van der Waals surface area contributed by atoms with Crippen molar-refractivity contribution in [2.24, 2.45) is 0 Å². The lowest BCUT2D eigenvalue weighted by Gasteiger charge is -2.01. The molecule has 4 nitrogen and oxygen atoms in total. The zero-order valence-corrected chi connectivity index (χ0v) is 6.99. The van der Waals surface area contributed by atoms with Crippen molar-refractivity contribution in [2.75, 3.05) is 0 Å². The van der Waals surface area contributed by atoms with Crippen LogP contribution in [0.25, 0.3) is 0 Å². The number of carbonyl (C=O) groups is 2. The summed E-state index contributed by atoms with van der Waals surface area (Å²) in [6.07, 6.45) is 4.81. The predicted octanol–water partition coefficient (Wildman–Crippen LogP) is 1.19. The molecule has 0 aromatic rings. The fraction of sp³-hybridized carbons (Fsp3) is 0.333. The Labute approximate surface area is 75.2 Å². The molecule has 0 radical (unpaired) electrons. The zero-order valence-electron chi connectivity index (χ0n) is 6.99. The zero-order chi connectivity index (χ0) is 9.84. The molecule has 0 aromatic carbocycles. The second-order valence-corrected chi connectivity index (χ2v) is 2.80. The summed E-state index contributed by atoms with van der Waals surface area (Å²) >= 11 is 0. The molecule has 0 spiro atoms. The van der Waals surface area contributed by atoms with Crippen molar-refractivity contribution in [1.29, 1.82) is 0 Å². The molecule has 0 saturated heterocycles. The minimum Gasteiger partial charge on any atom is -0.478 e. The molecule has 0 unspecified atom stereocenters. The highest BCUT2D eigenvalue weighted by atomic mass is 16.4. The molecule has 0 saturated carbocycles. The highest BCUT2D eigenvalue weighted by Gasteiger charge is 2.18. The number of carboxylic acids is 2. The highest BCUT2D eigenvalue weighted by molar-refractivity contribution is 6.00. The first kappa shape index (κ1) is 9.51. The average Bonchev–Trinajstić information content (AvgIpc) is 2.27. The highest BCUT2D eigenvalue weighted by Crippen LogP contribution is 2.19. The SMILES string of the molecule is O=C(O)C1=C(C(=O)O)CCCC=C1. The number of allylic oxidation sites excluding steroid dienone is 1. The van der Waals surface area contributed by atoms with Crippen LogP contribution in [0.15, 0.2) is 23.3 Å². The third-order valence-corrected chi connectivity index (χ3v) is 1.90. The summed E-state index contributed by atoms with van der Waals surface area (Å²) in [6, 6.07) is 0. The Morgan fingerprint density at radius 2 is 1.92 bits per heavy atom. The van der Waals surface area contributed by atoms with E-state index < -0.39 is 11.9 Å². The van der Waals surface area contributed by atoms with E-state index in [0.717, 1.165) is 6.42 Å². The molecule has 4 heteroatoms. The van der Waals surface area contributed by atoms with Crippen LogP contribution in [0.3, 0.4) is 0 Å². The normalized spacial score (nSPS) is 16.9. The van der Waals surface area contributed by atoms with Gasteiger partial charge in [-0.05, 0) is 19.3 Å². The van der Waals surface area contributed by atoms with Gasteiger partial charge in [-0.15, -0.1) is 0 Å². The topological polar surface area (TPSA) is 74.6 Å². The van der Waals surface area contributed by atoms with Crippen LogP contribution in [0.2, 0.25) is 0 Å². The third-order valence-electron chi connectivity index (χ3n) is 1.90. The third kappa shape index (κ3) is 2.18. The second-order valence-electron chi connectivity index (χ2n) is 2.80. The van der Waals surface area contributed by atoms with Crippen molar-refractivity contribution in [1.82, 2.24) is 0 Å². The van der Waals surface area contributed by atoms with Crippen LogP contribution in [0.1, 0.15) is 19.3 Å². The Hall–Kier alpha value is -1.58. The van der Waals surface area contributed by atoms with Gasteiger partial charge in [0.1, 0.15) is 0 Å². The average molecular weight is 182 g/mol. The maximum absolute atomic E-state index is 10.7. The maximum Gasteiger partial charge on any atom is 0.336 e. The molecule has 1 rings (SSSR count). The smallest absolute Gasteiger partial charge is 0.336 e. The van der Waals surface area contributed by atoms with Crippen molar-refractivity contribution >= 4 is 11.9 Å². The van der Waals surface area contributed by atoms with E-state index in [1.54, 1.807) is 6.08 Å². The molecule has 0 fully saturated rings. The maximum atomic E-state index is 10.7. The van der Waals surface area contributed by atoms with Gasteiger partial charge < -0.3 is 10.2 Å². The molecule has 0 aromatic heterocycles. The second kappa shape index (κ2) is 3.89. The van der Waals surface area contributed by atoms with E-state index in [2.05, 4.69) is 0 Å². The van der Waals surface area contributed by atoms with Gasteiger partial charge in [-0.2, -0.15) is 0 Å². The van der Waals surface area contributed by atoms with Crippen LogP contribution in [0.5, 0.6) is 0 Å². The van der Waals surface area contributed by atoms with Gasteiger partial charge in [0, 0.05) is 0 Å². The molecular formula is C9H10O4. The van der Waals surface area contributed by atoms with Crippen LogP contribution in [-0.4, -0.2) is 22.2 Å². The first-order valence-corrected chi connectivity index (χ1v) is 3.99. The predicted molar refractivity (Wildman–Crippen MR) is 45.3 cm³/mol. The summed E-state index contributed by atoms with van der Waals surface area (Å²) in [7, 11) is 0. The summed E-state index contributed by atoms with van der Waals surface area (Å²) < 4.78 is 0. The van der Waals surface area contributed by atoms with Gasteiger partial charge in [0.25, 0.3) is 0 Å². The van der Waals surface area contributed by atoms with E-state index in [0.29, 0.717) is 12.8 Å². The van der Waals surface area contributed by atoms with Crippen molar-refractivity contribution in [3.05, 3.63) is 23.3 Å². The number of aliphatic carboxylic acids is 2. The van der Waals surface area contributed by atoms with Gasteiger partial charge in [0.15, 0.2) is 0 Å². The summed E-state index contributed by atoms with van der Waals surface area (Å²) in [5, 5.41) is 17.4. The summed E-state index contributed by atoms with van der Waals surface area (Å²) in [4.78, 5) is 21.3. The monoisotopic (exact) mass is 182 g/mol. The number of carboxylic acid groups (broad SMARTS) is 2. The molecule has 70 valence electrons. The Morgan fingerprint density at radius 3 is 2.46 bits per heavy atom. The molecule has 0 bridgehead atoms. The summed E-state index contributed by atoms with van der Waals surface area (Å²) in [5.41, 5.74) is -0.0914. The van der Waals surface area contributed by atoms with E-state index in [1.807, 2.05) is 0 Å². The first-order valence-electron chi connectivity index (χ1n) is 3.99. The minimum atomic E-state index is -1.17. The quantitative estimate of drug-likeness (QED) is 0.672. The Balaban J connectivity index is 3.10. The number of hydrogen-bond donors (Lipinski definition) is 2. The van der Waals surface area contributed by atoms with E-state index >= 15 is 0 Å². The summed E-state index contributed by atoms with van der Waals surface area (Å²) in [6.45, 7) is 0. The lowest BCUT2D eigenvalue weighted by Crippen LogP contribution is -2.09. The van der Waals surface area contributed by atoms with Crippen LogP contribution >= 0.6 is 0 Å². The number of rotatable bonds is 2. The van der Waals surface area contributed by atoms with Crippen molar-refractivity contribution < 1.29 is 19.8 Å². The molecular weight excluding hydrogens is 172 g/mol. The van der Waals surface area contributed by atoms with Crippen LogP contribution in [0.4, 0.5) is 0 Å². The fourth-order valence-corrected chi connectivity index (χ4v) is 1.26. The molecule has 0 amide bonds. The van der Waals surface area contributed by atoms with E-state index in [9.17, 15) is 9.59 Å². The van der Waals surface area contributed by atoms with Crippen LogP contribution in [0, 0.1) is 0 Å². The lowest BCUT2D eigenvalue weighted by atomic mass is 10.1. The molecule has 0 atom stereocenters. The van der Waals surface area contributed by atoms with Crippen molar-refractivity contribution in [2.45, 2.75) is 19.3 Å². The molecule has 2 N–H and O–H groups in total. The van der Waals surface area contributed by atoms with E-state index in [1.165, 1.54) is 6.08 Å². The molecule has 0 heterocycles. The van der Waals surface area contributed by atoms with E-state index in [4.69, 9.17) is 10.2 Å². The van der Waals surface area contributed by atoms with Gasteiger partial charge in [-0.1, -0.05) is 12.2 Å². The molecule has 0 aliphatic heterocycles. The Bertz CT molecular complexity index is 299. The fourth-order valence-electron chi connectivity index (χ4n) is 1.26. The van der Waals surface area contributed by atoms with Gasteiger partial charge >= 0.3 is 11.9 Å². The van der Waals surface area contributed by atoms with Gasteiger partial charge in [-0.25, -0.2) is 9.59 Å². The molecule has 1 aliphatic carbocycles. The van der Waals surface area contributed by atoms with Crippen molar-refractivity contribution in [3.63, 3.8) is 0 Å². The van der Waals surface area contributed by atoms with Gasteiger partial charge in [0.2, 0.25) is 0 Å². The van der Waals surface area contributed by atoms with Crippen molar-refractivity contribution in [3.8, 4) is 0 Å². The molecule has 1 aliphatic rings. The van der Waals surface area contributed by atoms with Gasteiger partial charge in [-0.3, -0.25) is 0 Å². The lowest BCUT2D eigenvalue weighted by molar-refractivity contribution is -0.135. The minimum absolute atomic E-state index is 0.00116. The first-order chi connectivity index (χ1) is 6.13.